The highest BCUT2D eigenvalue weighted by molar-refractivity contribution is 5.74. The summed E-state index contributed by atoms with van der Waals surface area (Å²) in [7, 11) is 0. The highest BCUT2D eigenvalue weighted by atomic mass is 16.5. The van der Waals surface area contributed by atoms with E-state index < -0.39 is 12.0 Å². The van der Waals surface area contributed by atoms with E-state index in [1.54, 1.807) is 12.3 Å². The normalized spacial score (nSPS) is 27.9. The first-order valence-electron chi connectivity index (χ1n) is 8.20. The first-order chi connectivity index (χ1) is 11.2. The van der Waals surface area contributed by atoms with Crippen LogP contribution in [0.15, 0.2) is 33.4 Å². The van der Waals surface area contributed by atoms with Crippen molar-refractivity contribution in [1.82, 2.24) is 10.1 Å². The highest BCUT2D eigenvalue weighted by Gasteiger charge is 2.45. The maximum absolute atomic E-state index is 11.6. The number of rotatable bonds is 4. The molecule has 2 aromatic heterocycles. The van der Waals surface area contributed by atoms with Crippen LogP contribution in [0.4, 0.5) is 0 Å². The third kappa shape index (κ3) is 2.67. The summed E-state index contributed by atoms with van der Waals surface area (Å²) in [5, 5.41) is 13.7. The number of nitrogens with zero attached hydrogens (tertiary/aromatic N) is 2. The molecule has 23 heavy (non-hydrogen) atoms. The lowest BCUT2D eigenvalue weighted by atomic mass is 9.85. The molecule has 1 aliphatic carbocycles. The van der Waals surface area contributed by atoms with Gasteiger partial charge in [0.05, 0.1) is 12.0 Å². The van der Waals surface area contributed by atoms with Crippen molar-refractivity contribution in [2.24, 2.45) is 5.92 Å². The number of hydrogen-bond donors (Lipinski definition) is 1. The lowest BCUT2D eigenvalue weighted by Gasteiger charge is -2.32. The molecule has 2 fully saturated rings. The molecular weight excluding hydrogens is 296 g/mol. The molecule has 0 amide bonds. The molecule has 0 spiro atoms. The Bertz CT molecular complexity index is 679. The molecular formula is C17H20N2O4. The predicted octanol–water partition coefficient (Wildman–Crippen LogP) is 3.15. The van der Waals surface area contributed by atoms with E-state index in [9.17, 15) is 9.90 Å². The van der Waals surface area contributed by atoms with Crippen molar-refractivity contribution in [3.8, 4) is 11.5 Å². The van der Waals surface area contributed by atoms with Gasteiger partial charge < -0.3 is 14.0 Å². The molecule has 0 bridgehead atoms. The molecule has 3 atom stereocenters. The number of furan rings is 1. The van der Waals surface area contributed by atoms with E-state index in [1.807, 2.05) is 12.1 Å². The number of fused-ring (bicyclic) bond motifs is 1. The van der Waals surface area contributed by atoms with Crippen LogP contribution in [0.5, 0.6) is 0 Å². The third-order valence-corrected chi connectivity index (χ3v) is 5.17. The quantitative estimate of drug-likeness (QED) is 0.933. The molecule has 6 nitrogen and oxygen atoms in total. The van der Waals surface area contributed by atoms with Gasteiger partial charge in [-0.2, -0.15) is 0 Å². The molecule has 0 unspecified atom stereocenters. The summed E-state index contributed by atoms with van der Waals surface area (Å²) >= 11 is 0. The first kappa shape index (κ1) is 14.5. The summed E-state index contributed by atoms with van der Waals surface area (Å²) in [6.45, 7) is 0.516. The van der Waals surface area contributed by atoms with Crippen molar-refractivity contribution >= 4 is 5.97 Å². The molecule has 4 rings (SSSR count). The van der Waals surface area contributed by atoms with Crippen molar-refractivity contribution in [3.63, 3.8) is 0 Å². The summed E-state index contributed by atoms with van der Waals surface area (Å²) < 4.78 is 10.6. The maximum Gasteiger partial charge on any atom is 0.320 e. The average molecular weight is 316 g/mol. The SMILES string of the molecule is O=C(O)[C@@H]1C[C@H]2CCCC[C@@H]2N1Cc1cc(-c2ccco2)on1. The molecule has 1 aliphatic heterocycles. The topological polar surface area (TPSA) is 79.7 Å². The largest absolute Gasteiger partial charge is 0.480 e. The molecule has 3 heterocycles. The Morgan fingerprint density at radius 3 is 3.00 bits per heavy atom. The van der Waals surface area contributed by atoms with Gasteiger partial charge in [0.25, 0.3) is 0 Å². The average Bonchev–Trinajstić information content (AvgIpc) is 3.26. The van der Waals surface area contributed by atoms with Gasteiger partial charge >= 0.3 is 5.97 Å². The van der Waals surface area contributed by atoms with Crippen LogP contribution in [0.3, 0.4) is 0 Å². The minimum absolute atomic E-state index is 0.355. The second-order valence-corrected chi connectivity index (χ2v) is 6.53. The van der Waals surface area contributed by atoms with E-state index in [1.165, 1.54) is 12.8 Å². The fraction of sp³-hybridized carbons (Fsp3) is 0.529. The van der Waals surface area contributed by atoms with Crippen LogP contribution < -0.4 is 0 Å². The Balaban J connectivity index is 1.55. The van der Waals surface area contributed by atoms with Gasteiger partial charge in [-0.05, 0) is 37.3 Å². The summed E-state index contributed by atoms with van der Waals surface area (Å²) in [6.07, 6.45) is 6.96. The van der Waals surface area contributed by atoms with Crippen molar-refractivity contribution < 1.29 is 18.8 Å². The number of hydrogen-bond acceptors (Lipinski definition) is 5. The van der Waals surface area contributed by atoms with Crippen LogP contribution in [-0.4, -0.2) is 33.2 Å². The Kier molecular flexibility index (Phi) is 3.69. The predicted molar refractivity (Wildman–Crippen MR) is 81.5 cm³/mol. The van der Waals surface area contributed by atoms with Crippen molar-refractivity contribution in [2.45, 2.75) is 50.7 Å². The number of likely N-dealkylation sites (tertiary alicyclic amines) is 1. The second-order valence-electron chi connectivity index (χ2n) is 6.53. The van der Waals surface area contributed by atoms with Gasteiger partial charge in [-0.1, -0.05) is 18.0 Å². The van der Waals surface area contributed by atoms with Crippen LogP contribution in [0.25, 0.3) is 11.5 Å². The zero-order valence-electron chi connectivity index (χ0n) is 12.9. The molecule has 2 aliphatic rings. The minimum atomic E-state index is -0.728. The van der Waals surface area contributed by atoms with E-state index in [-0.39, 0.29) is 0 Å². The number of aliphatic carboxylic acids is 1. The fourth-order valence-corrected chi connectivity index (χ4v) is 4.13. The number of carbonyl (C=O) groups is 1. The highest BCUT2D eigenvalue weighted by Crippen LogP contribution is 2.40. The lowest BCUT2D eigenvalue weighted by Crippen LogP contribution is -2.41. The molecule has 6 heteroatoms. The van der Waals surface area contributed by atoms with Crippen LogP contribution >= 0.6 is 0 Å². The van der Waals surface area contributed by atoms with E-state index in [4.69, 9.17) is 8.94 Å². The van der Waals surface area contributed by atoms with E-state index in [2.05, 4.69) is 10.1 Å². The molecule has 1 N–H and O–H groups in total. The van der Waals surface area contributed by atoms with Gasteiger partial charge in [0.1, 0.15) is 6.04 Å². The smallest absolute Gasteiger partial charge is 0.320 e. The third-order valence-electron chi connectivity index (χ3n) is 5.17. The van der Waals surface area contributed by atoms with Crippen molar-refractivity contribution in [1.29, 1.82) is 0 Å². The number of aromatic nitrogens is 1. The van der Waals surface area contributed by atoms with Gasteiger partial charge in [-0.3, -0.25) is 9.69 Å². The van der Waals surface area contributed by atoms with Crippen molar-refractivity contribution in [3.05, 3.63) is 30.2 Å². The molecule has 1 saturated carbocycles. The van der Waals surface area contributed by atoms with E-state index >= 15 is 0 Å². The monoisotopic (exact) mass is 316 g/mol. The van der Waals surface area contributed by atoms with Crippen LogP contribution in [0.2, 0.25) is 0 Å². The summed E-state index contributed by atoms with van der Waals surface area (Å²) in [5.41, 5.74) is 0.758. The van der Waals surface area contributed by atoms with Gasteiger partial charge in [0.15, 0.2) is 5.76 Å². The minimum Gasteiger partial charge on any atom is -0.480 e. The van der Waals surface area contributed by atoms with Crippen LogP contribution in [-0.2, 0) is 11.3 Å². The second kappa shape index (κ2) is 5.85. The zero-order valence-corrected chi connectivity index (χ0v) is 12.9. The fourth-order valence-electron chi connectivity index (χ4n) is 4.13. The number of carboxylic acids is 1. The standard InChI is InChI=1S/C17H20N2O4/c20-17(21)14-8-11-4-1-2-5-13(11)19(14)10-12-9-16(23-18-12)15-6-3-7-22-15/h3,6-7,9,11,13-14H,1-2,4-5,8,10H2,(H,20,21)/t11-,13+,14+/m1/s1. The van der Waals surface area contributed by atoms with Gasteiger partial charge in [-0.15, -0.1) is 0 Å². The molecule has 0 radical (unpaired) electrons. The number of carboxylic acid groups (broad SMARTS) is 1. The summed E-state index contributed by atoms with van der Waals surface area (Å²) in [6, 6.07) is 5.40. The Morgan fingerprint density at radius 1 is 1.35 bits per heavy atom. The molecule has 1 saturated heterocycles. The van der Waals surface area contributed by atoms with Crippen LogP contribution in [0, 0.1) is 5.92 Å². The van der Waals surface area contributed by atoms with E-state index in [0.717, 1.165) is 25.0 Å². The molecule has 122 valence electrons. The van der Waals surface area contributed by atoms with Crippen LogP contribution in [0.1, 0.15) is 37.8 Å². The van der Waals surface area contributed by atoms with E-state index in [0.29, 0.717) is 30.0 Å². The summed E-state index contributed by atoms with van der Waals surface area (Å²) in [4.78, 5) is 13.7. The summed E-state index contributed by atoms with van der Waals surface area (Å²) in [5.74, 6) is 0.988. The van der Waals surface area contributed by atoms with Gasteiger partial charge in [0, 0.05) is 18.7 Å². The Labute approximate surface area is 134 Å². The molecule has 2 aromatic rings. The zero-order chi connectivity index (χ0) is 15.8. The van der Waals surface area contributed by atoms with Gasteiger partial charge in [-0.25, -0.2) is 0 Å². The Hall–Kier alpha value is -2.08. The van der Waals surface area contributed by atoms with Crippen molar-refractivity contribution in [2.75, 3.05) is 0 Å². The first-order valence-corrected chi connectivity index (χ1v) is 8.20. The van der Waals surface area contributed by atoms with Gasteiger partial charge in [0.2, 0.25) is 5.76 Å². The lowest BCUT2D eigenvalue weighted by molar-refractivity contribution is -0.142. The Morgan fingerprint density at radius 2 is 2.22 bits per heavy atom. The maximum atomic E-state index is 11.6. The molecule has 0 aromatic carbocycles.